The molecule has 2 fully saturated rings. The minimum absolute atomic E-state index is 0.145. The van der Waals surface area contributed by atoms with Crippen molar-refractivity contribution in [2.75, 3.05) is 26.2 Å². The first-order chi connectivity index (χ1) is 15.2. The number of nitrogens with one attached hydrogen (secondary N) is 1. The van der Waals surface area contributed by atoms with Crippen LogP contribution in [0.3, 0.4) is 0 Å². The van der Waals surface area contributed by atoms with Gasteiger partial charge in [-0.25, -0.2) is 13.1 Å². The van der Waals surface area contributed by atoms with Gasteiger partial charge in [-0.05, 0) is 38.8 Å². The van der Waals surface area contributed by atoms with Crippen LogP contribution in [-0.4, -0.2) is 67.2 Å². The Balaban J connectivity index is 1.80. The summed E-state index contributed by atoms with van der Waals surface area (Å²) in [5, 5.41) is 10.3. The number of rotatable bonds is 7. The van der Waals surface area contributed by atoms with Gasteiger partial charge in [0.2, 0.25) is 10.0 Å². The number of benzene rings is 1. The second kappa shape index (κ2) is 9.01. The SMILES string of the molecule is CC(C)(Oc1cc(C(F)(F)F)ccc1CN1CCN(C(=O)[O-])CC1)C(=O)NS(=O)(=O)C1CC1. The summed E-state index contributed by atoms with van der Waals surface area (Å²) in [6, 6.07) is 2.90. The van der Waals surface area contributed by atoms with E-state index >= 15 is 0 Å². The van der Waals surface area contributed by atoms with Crippen LogP contribution < -0.4 is 14.6 Å². The largest absolute Gasteiger partial charge is 0.530 e. The van der Waals surface area contributed by atoms with Crippen LogP contribution in [-0.2, 0) is 27.5 Å². The van der Waals surface area contributed by atoms with Crippen LogP contribution in [0.2, 0.25) is 0 Å². The van der Waals surface area contributed by atoms with E-state index in [1.807, 2.05) is 9.62 Å². The summed E-state index contributed by atoms with van der Waals surface area (Å²) in [5.74, 6) is -1.20. The molecule has 1 N–H and O–H groups in total. The van der Waals surface area contributed by atoms with Crippen molar-refractivity contribution in [2.45, 2.75) is 50.3 Å². The zero-order chi connectivity index (χ0) is 24.6. The first-order valence-electron chi connectivity index (χ1n) is 10.3. The lowest BCUT2D eigenvalue weighted by atomic mass is 10.1. The highest BCUT2D eigenvalue weighted by Gasteiger charge is 2.41. The molecule has 0 radical (unpaired) electrons. The quantitative estimate of drug-likeness (QED) is 0.602. The number of amides is 2. The van der Waals surface area contributed by atoms with E-state index in [-0.39, 0.29) is 25.4 Å². The molecule has 184 valence electrons. The van der Waals surface area contributed by atoms with Crippen LogP contribution in [0.4, 0.5) is 18.0 Å². The van der Waals surface area contributed by atoms with Gasteiger partial charge in [-0.2, -0.15) is 13.2 Å². The lowest BCUT2D eigenvalue weighted by Gasteiger charge is -2.36. The summed E-state index contributed by atoms with van der Waals surface area (Å²) in [7, 11) is -3.86. The molecule has 0 atom stereocenters. The van der Waals surface area contributed by atoms with Gasteiger partial charge in [-0.15, -0.1) is 0 Å². The maximum atomic E-state index is 13.3. The van der Waals surface area contributed by atoms with Crippen molar-refractivity contribution >= 4 is 22.0 Å². The van der Waals surface area contributed by atoms with Gasteiger partial charge in [0.1, 0.15) is 11.8 Å². The highest BCUT2D eigenvalue weighted by molar-refractivity contribution is 7.90. The van der Waals surface area contributed by atoms with Crippen molar-refractivity contribution < 1.29 is 41.0 Å². The minimum atomic E-state index is -4.65. The van der Waals surface area contributed by atoms with Crippen molar-refractivity contribution in [3.63, 3.8) is 0 Å². The first-order valence-corrected chi connectivity index (χ1v) is 11.9. The topological polar surface area (TPSA) is 119 Å². The van der Waals surface area contributed by atoms with Gasteiger partial charge in [-0.1, -0.05) is 6.07 Å². The summed E-state index contributed by atoms with van der Waals surface area (Å²) >= 11 is 0. The van der Waals surface area contributed by atoms with E-state index in [0.29, 0.717) is 31.5 Å². The molecule has 9 nitrogen and oxygen atoms in total. The van der Waals surface area contributed by atoms with Gasteiger partial charge < -0.3 is 19.5 Å². The fourth-order valence-corrected chi connectivity index (χ4v) is 4.75. The summed E-state index contributed by atoms with van der Waals surface area (Å²) in [4.78, 5) is 26.5. The Kier molecular flexibility index (Phi) is 6.85. The number of carbonyl (C=O) groups excluding carboxylic acids is 2. The average molecular weight is 492 g/mol. The maximum absolute atomic E-state index is 13.3. The molecule has 1 heterocycles. The monoisotopic (exact) mass is 492 g/mol. The van der Waals surface area contributed by atoms with Gasteiger partial charge in [0, 0.05) is 38.3 Å². The number of nitrogens with zero attached hydrogens (tertiary/aromatic N) is 2. The number of halogens is 3. The summed E-state index contributed by atoms with van der Waals surface area (Å²) < 4.78 is 71.7. The number of piperazine rings is 1. The summed E-state index contributed by atoms with van der Waals surface area (Å²) in [5.41, 5.74) is -2.42. The Hall–Kier alpha value is -2.54. The van der Waals surface area contributed by atoms with E-state index in [1.54, 1.807) is 0 Å². The standard InChI is InChI=1S/C20H26F3N3O6S/c1-19(2,17(27)24-33(30,31)15-5-6-15)32-16-11-14(20(21,22)23)4-3-13(16)12-25-7-9-26(10-8-25)18(28)29/h3-4,11,15H,5-10,12H2,1-2H3,(H,24,27)(H,28,29)/p-1. The molecular formula is C20H25F3N3O6S-. The molecule has 1 aliphatic heterocycles. The normalized spacial score (nSPS) is 18.2. The highest BCUT2D eigenvalue weighted by Crippen LogP contribution is 2.35. The molecular weight excluding hydrogens is 467 g/mol. The molecule has 0 spiro atoms. The molecule has 33 heavy (non-hydrogen) atoms. The maximum Gasteiger partial charge on any atom is 0.416 e. The molecule has 1 aromatic carbocycles. The van der Waals surface area contributed by atoms with Gasteiger partial charge in [0.15, 0.2) is 5.60 Å². The molecule has 2 aliphatic rings. The van der Waals surface area contributed by atoms with Crippen LogP contribution in [0.1, 0.15) is 37.8 Å². The number of sulfonamides is 1. The van der Waals surface area contributed by atoms with Gasteiger partial charge in [0.05, 0.1) is 10.8 Å². The van der Waals surface area contributed by atoms with Crippen LogP contribution in [0.5, 0.6) is 5.75 Å². The number of hydrogen-bond donors (Lipinski definition) is 1. The fourth-order valence-electron chi connectivity index (χ4n) is 3.32. The van der Waals surface area contributed by atoms with Gasteiger partial charge >= 0.3 is 6.18 Å². The number of alkyl halides is 3. The molecule has 0 bridgehead atoms. The Morgan fingerprint density at radius 2 is 1.76 bits per heavy atom. The van der Waals surface area contributed by atoms with Crippen molar-refractivity contribution in [1.82, 2.24) is 14.5 Å². The van der Waals surface area contributed by atoms with E-state index in [0.717, 1.165) is 17.0 Å². The number of carboxylic acid groups (broad SMARTS) is 1. The van der Waals surface area contributed by atoms with Gasteiger partial charge in [0.25, 0.3) is 5.91 Å². The average Bonchev–Trinajstić information content (AvgIpc) is 3.54. The molecule has 3 rings (SSSR count). The van der Waals surface area contributed by atoms with Crippen LogP contribution in [0, 0.1) is 0 Å². The smallest absolute Gasteiger partial charge is 0.416 e. The Morgan fingerprint density at radius 1 is 1.15 bits per heavy atom. The summed E-state index contributed by atoms with van der Waals surface area (Å²) in [6.07, 6.45) is -5.07. The third-order valence-corrected chi connectivity index (χ3v) is 7.35. The summed E-state index contributed by atoms with van der Waals surface area (Å²) in [6.45, 7) is 3.72. The van der Waals surface area contributed by atoms with Crippen molar-refractivity contribution in [2.24, 2.45) is 0 Å². The number of ether oxygens (including phenoxy) is 1. The molecule has 1 saturated heterocycles. The molecule has 13 heteroatoms. The molecule has 1 aliphatic carbocycles. The van der Waals surface area contributed by atoms with Crippen molar-refractivity contribution in [1.29, 1.82) is 0 Å². The van der Waals surface area contributed by atoms with Crippen molar-refractivity contribution in [3.05, 3.63) is 29.3 Å². The number of carbonyl (C=O) groups is 2. The molecule has 2 amide bonds. The Labute approximate surface area is 189 Å². The molecule has 0 aromatic heterocycles. The van der Waals surface area contributed by atoms with E-state index in [9.17, 15) is 36.3 Å². The third-order valence-electron chi connectivity index (χ3n) is 5.53. The molecule has 1 saturated carbocycles. The van der Waals surface area contributed by atoms with E-state index in [1.165, 1.54) is 19.9 Å². The zero-order valence-electron chi connectivity index (χ0n) is 18.1. The van der Waals surface area contributed by atoms with Crippen LogP contribution in [0.15, 0.2) is 18.2 Å². The van der Waals surface area contributed by atoms with Crippen LogP contribution in [0.25, 0.3) is 0 Å². The Bertz CT molecular complexity index is 1020. The number of hydrogen-bond acceptors (Lipinski definition) is 7. The fraction of sp³-hybridized carbons (Fsp3) is 0.600. The zero-order valence-corrected chi connectivity index (χ0v) is 19.0. The minimum Gasteiger partial charge on any atom is -0.530 e. The Morgan fingerprint density at radius 3 is 2.27 bits per heavy atom. The van der Waals surface area contributed by atoms with Crippen molar-refractivity contribution in [3.8, 4) is 5.75 Å². The van der Waals surface area contributed by atoms with E-state index in [4.69, 9.17) is 4.74 Å². The lowest BCUT2D eigenvalue weighted by Crippen LogP contribution is -2.52. The second-order valence-corrected chi connectivity index (χ2v) is 10.6. The molecule has 1 aromatic rings. The van der Waals surface area contributed by atoms with Crippen LogP contribution >= 0.6 is 0 Å². The lowest BCUT2D eigenvalue weighted by molar-refractivity contribution is -0.266. The predicted octanol–water partition coefficient (Wildman–Crippen LogP) is 0.932. The van der Waals surface area contributed by atoms with E-state index < -0.39 is 44.6 Å². The highest BCUT2D eigenvalue weighted by atomic mass is 32.2. The third kappa shape index (κ3) is 6.28. The second-order valence-electron chi connectivity index (χ2n) is 8.64. The molecule has 0 unspecified atom stereocenters. The first kappa shape index (κ1) is 25.1. The van der Waals surface area contributed by atoms with Gasteiger partial charge in [-0.3, -0.25) is 9.69 Å². The predicted molar refractivity (Wildman–Crippen MR) is 108 cm³/mol. The van der Waals surface area contributed by atoms with E-state index in [2.05, 4.69) is 0 Å².